The van der Waals surface area contributed by atoms with Gasteiger partial charge in [0.15, 0.2) is 0 Å². The Balaban J connectivity index is 2.47. The van der Waals surface area contributed by atoms with E-state index in [0.717, 1.165) is 5.56 Å². The Morgan fingerprint density at radius 1 is 1.32 bits per heavy atom. The molecule has 1 amide bonds. The molecule has 0 aliphatic carbocycles. The van der Waals surface area contributed by atoms with Crippen LogP contribution in [-0.2, 0) is 15.9 Å². The van der Waals surface area contributed by atoms with Crippen LogP contribution in [0, 0.1) is 0 Å². The third-order valence-electron chi connectivity index (χ3n) is 2.44. The molecule has 124 valence electrons. The average molecular weight is 310 g/mol. The van der Waals surface area contributed by atoms with Crippen LogP contribution >= 0.6 is 0 Å². The van der Waals surface area contributed by atoms with E-state index in [4.69, 9.17) is 9.47 Å². The summed E-state index contributed by atoms with van der Waals surface area (Å²) in [5, 5.41) is 12.2. The maximum atomic E-state index is 11.7. The lowest BCUT2D eigenvalue weighted by molar-refractivity contribution is -0.0198. The van der Waals surface area contributed by atoms with E-state index < -0.39 is 17.3 Å². The van der Waals surface area contributed by atoms with Crippen molar-refractivity contribution in [1.29, 1.82) is 0 Å². The summed E-state index contributed by atoms with van der Waals surface area (Å²) in [6.07, 6.45) is 1.76. The van der Waals surface area contributed by atoms with E-state index in [9.17, 15) is 9.90 Å². The number of aliphatic hydroxyl groups is 1. The molecule has 0 aromatic carbocycles. The Kier molecular flexibility index (Phi) is 6.32. The quantitative estimate of drug-likeness (QED) is 0.790. The SMILES string of the molecule is CC(C)(O)COCCc1ccnc(NC(=O)OC(C)(C)C)c1. The summed E-state index contributed by atoms with van der Waals surface area (Å²) in [5.74, 6) is 0.439. The fraction of sp³-hybridized carbons (Fsp3) is 0.625. The van der Waals surface area contributed by atoms with Crippen LogP contribution in [0.3, 0.4) is 0 Å². The molecule has 2 N–H and O–H groups in total. The zero-order valence-corrected chi connectivity index (χ0v) is 14.0. The Morgan fingerprint density at radius 3 is 2.59 bits per heavy atom. The Labute approximate surface area is 131 Å². The molecule has 0 bridgehead atoms. The summed E-state index contributed by atoms with van der Waals surface area (Å²) >= 11 is 0. The van der Waals surface area contributed by atoms with Crippen molar-refractivity contribution in [2.75, 3.05) is 18.5 Å². The standard InChI is InChI=1S/C16H26N2O4/c1-15(2,3)22-14(19)18-13-10-12(6-8-17-13)7-9-21-11-16(4,5)20/h6,8,10,20H,7,9,11H2,1-5H3,(H,17,18,19). The van der Waals surface area contributed by atoms with Crippen LogP contribution in [0.15, 0.2) is 18.3 Å². The third-order valence-corrected chi connectivity index (χ3v) is 2.44. The number of anilines is 1. The minimum atomic E-state index is -0.832. The van der Waals surface area contributed by atoms with Crippen molar-refractivity contribution in [2.45, 2.75) is 52.2 Å². The topological polar surface area (TPSA) is 80.7 Å². The van der Waals surface area contributed by atoms with E-state index in [-0.39, 0.29) is 6.61 Å². The van der Waals surface area contributed by atoms with Gasteiger partial charge in [-0.25, -0.2) is 9.78 Å². The van der Waals surface area contributed by atoms with Crippen molar-refractivity contribution < 1.29 is 19.4 Å². The molecule has 6 heteroatoms. The minimum Gasteiger partial charge on any atom is -0.444 e. The number of nitrogens with one attached hydrogen (secondary N) is 1. The second-order valence-electron chi connectivity index (χ2n) is 6.79. The fourth-order valence-electron chi connectivity index (χ4n) is 1.62. The van der Waals surface area contributed by atoms with Gasteiger partial charge in [-0.15, -0.1) is 0 Å². The fourth-order valence-corrected chi connectivity index (χ4v) is 1.62. The van der Waals surface area contributed by atoms with Gasteiger partial charge in [0, 0.05) is 6.20 Å². The summed E-state index contributed by atoms with van der Waals surface area (Å²) in [4.78, 5) is 15.8. The number of hydrogen-bond acceptors (Lipinski definition) is 5. The number of hydrogen-bond donors (Lipinski definition) is 2. The summed E-state index contributed by atoms with van der Waals surface area (Å²) in [6.45, 7) is 9.56. The molecule has 22 heavy (non-hydrogen) atoms. The molecule has 0 saturated carbocycles. The highest BCUT2D eigenvalue weighted by Gasteiger charge is 2.16. The second-order valence-corrected chi connectivity index (χ2v) is 6.79. The maximum absolute atomic E-state index is 11.7. The molecule has 0 atom stereocenters. The van der Waals surface area contributed by atoms with Crippen LogP contribution in [0.2, 0.25) is 0 Å². The largest absolute Gasteiger partial charge is 0.444 e. The predicted octanol–water partition coefficient (Wildman–Crippen LogP) is 2.76. The van der Waals surface area contributed by atoms with E-state index in [1.54, 1.807) is 46.9 Å². The van der Waals surface area contributed by atoms with Crippen molar-refractivity contribution in [3.05, 3.63) is 23.9 Å². The molecule has 0 radical (unpaired) electrons. The normalized spacial score (nSPS) is 12.1. The number of rotatable bonds is 6. The number of ether oxygens (including phenoxy) is 2. The van der Waals surface area contributed by atoms with E-state index in [2.05, 4.69) is 10.3 Å². The smallest absolute Gasteiger partial charge is 0.413 e. The summed E-state index contributed by atoms with van der Waals surface area (Å²) in [7, 11) is 0. The molecule has 0 aliphatic rings. The van der Waals surface area contributed by atoms with Crippen molar-refractivity contribution >= 4 is 11.9 Å². The summed E-state index contributed by atoms with van der Waals surface area (Å²) in [5.41, 5.74) is -0.397. The van der Waals surface area contributed by atoms with E-state index in [0.29, 0.717) is 18.8 Å². The van der Waals surface area contributed by atoms with Gasteiger partial charge in [-0.05, 0) is 58.7 Å². The van der Waals surface area contributed by atoms with Crippen molar-refractivity contribution in [2.24, 2.45) is 0 Å². The first-order chi connectivity index (χ1) is 10.1. The molecule has 1 rings (SSSR count). The molecule has 0 saturated heterocycles. The Bertz CT molecular complexity index is 490. The Morgan fingerprint density at radius 2 is 2.00 bits per heavy atom. The van der Waals surface area contributed by atoms with Gasteiger partial charge in [-0.3, -0.25) is 5.32 Å². The molecule has 1 aromatic heterocycles. The van der Waals surface area contributed by atoms with Crippen molar-refractivity contribution in [1.82, 2.24) is 4.98 Å². The monoisotopic (exact) mass is 310 g/mol. The number of carbonyl (C=O) groups excluding carboxylic acids is 1. The van der Waals surface area contributed by atoms with Gasteiger partial charge in [0.05, 0.1) is 18.8 Å². The molecule has 0 spiro atoms. The van der Waals surface area contributed by atoms with E-state index in [1.807, 2.05) is 6.07 Å². The van der Waals surface area contributed by atoms with Crippen LogP contribution in [0.1, 0.15) is 40.2 Å². The summed E-state index contributed by atoms with van der Waals surface area (Å²) < 4.78 is 10.6. The average Bonchev–Trinajstić information content (AvgIpc) is 2.31. The predicted molar refractivity (Wildman–Crippen MR) is 84.9 cm³/mol. The van der Waals surface area contributed by atoms with Crippen LogP contribution in [-0.4, -0.2) is 40.6 Å². The minimum absolute atomic E-state index is 0.279. The van der Waals surface area contributed by atoms with Crippen LogP contribution in [0.25, 0.3) is 0 Å². The zero-order valence-electron chi connectivity index (χ0n) is 14.0. The van der Waals surface area contributed by atoms with Gasteiger partial charge in [-0.2, -0.15) is 0 Å². The van der Waals surface area contributed by atoms with Gasteiger partial charge in [0.25, 0.3) is 0 Å². The first-order valence-corrected chi connectivity index (χ1v) is 7.30. The van der Waals surface area contributed by atoms with Crippen LogP contribution in [0.4, 0.5) is 10.6 Å². The lowest BCUT2D eigenvalue weighted by Crippen LogP contribution is -2.27. The maximum Gasteiger partial charge on any atom is 0.413 e. The van der Waals surface area contributed by atoms with Gasteiger partial charge >= 0.3 is 6.09 Å². The molecule has 0 fully saturated rings. The molecular weight excluding hydrogens is 284 g/mol. The number of aromatic nitrogens is 1. The Hall–Kier alpha value is -1.66. The third kappa shape index (κ3) is 8.59. The molecular formula is C16H26N2O4. The van der Waals surface area contributed by atoms with Crippen molar-refractivity contribution in [3.8, 4) is 0 Å². The molecule has 0 aliphatic heterocycles. The van der Waals surface area contributed by atoms with Crippen molar-refractivity contribution in [3.63, 3.8) is 0 Å². The van der Waals surface area contributed by atoms with Gasteiger partial charge in [0.2, 0.25) is 0 Å². The van der Waals surface area contributed by atoms with E-state index in [1.165, 1.54) is 0 Å². The first kappa shape index (κ1) is 18.4. The van der Waals surface area contributed by atoms with Gasteiger partial charge < -0.3 is 14.6 Å². The molecule has 0 unspecified atom stereocenters. The number of pyridine rings is 1. The van der Waals surface area contributed by atoms with Crippen LogP contribution < -0.4 is 5.32 Å². The zero-order chi connectivity index (χ0) is 16.8. The molecule has 1 heterocycles. The lowest BCUT2D eigenvalue weighted by Gasteiger charge is -2.19. The highest BCUT2D eigenvalue weighted by Crippen LogP contribution is 2.12. The van der Waals surface area contributed by atoms with Gasteiger partial charge in [-0.1, -0.05) is 0 Å². The number of amides is 1. The second kappa shape index (κ2) is 7.56. The molecule has 6 nitrogen and oxygen atoms in total. The number of nitrogens with zero attached hydrogens (tertiary/aromatic N) is 1. The van der Waals surface area contributed by atoms with E-state index >= 15 is 0 Å². The highest BCUT2D eigenvalue weighted by molar-refractivity contribution is 5.83. The molecule has 1 aromatic rings. The first-order valence-electron chi connectivity index (χ1n) is 7.30. The summed E-state index contributed by atoms with van der Waals surface area (Å²) in [6, 6.07) is 3.63. The van der Waals surface area contributed by atoms with Gasteiger partial charge in [0.1, 0.15) is 11.4 Å². The number of carbonyl (C=O) groups is 1. The highest BCUT2D eigenvalue weighted by atomic mass is 16.6. The lowest BCUT2D eigenvalue weighted by atomic mass is 10.1. The van der Waals surface area contributed by atoms with Crippen LogP contribution in [0.5, 0.6) is 0 Å².